The predicted octanol–water partition coefficient (Wildman–Crippen LogP) is 1.02. The lowest BCUT2D eigenvalue weighted by atomic mass is 10.3. The summed E-state index contributed by atoms with van der Waals surface area (Å²) in [7, 11) is 1.76. The second kappa shape index (κ2) is 4.32. The molecule has 2 N–H and O–H groups in total. The summed E-state index contributed by atoms with van der Waals surface area (Å²) in [6.45, 7) is 0.484. The molecule has 1 heterocycles. The van der Waals surface area contributed by atoms with Crippen LogP contribution in [0.1, 0.15) is 5.56 Å². The molecule has 4 nitrogen and oxygen atoms in total. The van der Waals surface area contributed by atoms with Crippen molar-refractivity contribution >= 4 is 0 Å². The second-order valence-electron chi connectivity index (χ2n) is 3.48. The van der Waals surface area contributed by atoms with Gasteiger partial charge in [-0.05, 0) is 25.2 Å². The molecule has 0 aliphatic rings. The average molecular weight is 221 g/mol. The third kappa shape index (κ3) is 2.04. The summed E-state index contributed by atoms with van der Waals surface area (Å²) in [5.41, 5.74) is 1.05. The van der Waals surface area contributed by atoms with E-state index in [0.717, 1.165) is 0 Å². The van der Waals surface area contributed by atoms with Crippen molar-refractivity contribution in [2.24, 2.45) is 0 Å². The van der Waals surface area contributed by atoms with Gasteiger partial charge in [-0.15, -0.1) is 0 Å². The van der Waals surface area contributed by atoms with Gasteiger partial charge >= 0.3 is 0 Å². The molecule has 1 aromatic heterocycles. The lowest BCUT2D eigenvalue weighted by Crippen LogP contribution is -2.13. The van der Waals surface area contributed by atoms with Crippen LogP contribution < -0.4 is 10.9 Å². The smallest absolute Gasteiger partial charge is 0.268 e. The first kappa shape index (κ1) is 10.6. The zero-order chi connectivity index (χ0) is 11.5. The molecule has 2 rings (SSSR count). The molecule has 84 valence electrons. The molecule has 5 heteroatoms. The summed E-state index contributed by atoms with van der Waals surface area (Å²) in [5.74, 6) is -0.331. The third-order valence-corrected chi connectivity index (χ3v) is 2.25. The van der Waals surface area contributed by atoms with Crippen LogP contribution in [0.5, 0.6) is 0 Å². The molecule has 1 aromatic carbocycles. The van der Waals surface area contributed by atoms with E-state index in [-0.39, 0.29) is 11.4 Å². The molecule has 0 bridgehead atoms. The summed E-state index contributed by atoms with van der Waals surface area (Å²) in [4.78, 5) is 11.5. The number of benzene rings is 1. The van der Waals surface area contributed by atoms with Crippen molar-refractivity contribution in [2.75, 3.05) is 7.05 Å². The minimum absolute atomic E-state index is 0.168. The van der Waals surface area contributed by atoms with Crippen LogP contribution in [0.4, 0.5) is 4.39 Å². The Morgan fingerprint density at radius 1 is 1.50 bits per heavy atom. The zero-order valence-corrected chi connectivity index (χ0v) is 8.83. The maximum Gasteiger partial charge on any atom is 0.268 e. The highest BCUT2D eigenvalue weighted by Gasteiger charge is 2.04. The number of aromatic nitrogens is 2. The van der Waals surface area contributed by atoms with E-state index in [4.69, 9.17) is 0 Å². The summed E-state index contributed by atoms with van der Waals surface area (Å²) in [5, 5.41) is 5.52. The third-order valence-electron chi connectivity index (χ3n) is 2.25. The number of H-pyrrole nitrogens is 1. The normalized spacial score (nSPS) is 10.6. The molecule has 0 unspecified atom stereocenters. The van der Waals surface area contributed by atoms with Gasteiger partial charge in [-0.3, -0.25) is 14.6 Å². The Balaban J connectivity index is 2.41. The van der Waals surface area contributed by atoms with Crippen LogP contribution in [0.2, 0.25) is 0 Å². The Kier molecular flexibility index (Phi) is 2.87. The van der Waals surface area contributed by atoms with Crippen molar-refractivity contribution in [3.8, 4) is 5.69 Å². The van der Waals surface area contributed by atoms with Gasteiger partial charge in [-0.1, -0.05) is 6.07 Å². The van der Waals surface area contributed by atoms with E-state index < -0.39 is 0 Å². The number of hydrogen-bond acceptors (Lipinski definition) is 2. The summed E-state index contributed by atoms with van der Waals surface area (Å²) >= 11 is 0. The van der Waals surface area contributed by atoms with Crippen LogP contribution in [0.15, 0.2) is 35.3 Å². The molecular formula is C11H12FN3O. The van der Waals surface area contributed by atoms with E-state index in [0.29, 0.717) is 17.8 Å². The quantitative estimate of drug-likeness (QED) is 0.813. The summed E-state index contributed by atoms with van der Waals surface area (Å²) in [6, 6.07) is 6.04. The molecule has 0 amide bonds. The Morgan fingerprint density at radius 2 is 2.31 bits per heavy atom. The first-order valence-electron chi connectivity index (χ1n) is 4.92. The lowest BCUT2D eigenvalue weighted by molar-refractivity contribution is 0.625. The highest BCUT2D eigenvalue weighted by atomic mass is 19.1. The van der Waals surface area contributed by atoms with Gasteiger partial charge in [0.2, 0.25) is 0 Å². The van der Waals surface area contributed by atoms with Gasteiger partial charge in [0.15, 0.2) is 0 Å². The molecular weight excluding hydrogens is 209 g/mol. The molecule has 16 heavy (non-hydrogen) atoms. The molecule has 0 fully saturated rings. The SMILES string of the molecule is CNCc1cn(-c2cccc(F)c2)[nH]c1=O. The topological polar surface area (TPSA) is 49.8 Å². The molecule has 0 aliphatic carbocycles. The van der Waals surface area contributed by atoms with E-state index in [9.17, 15) is 9.18 Å². The summed E-state index contributed by atoms with van der Waals surface area (Å²) in [6.07, 6.45) is 1.66. The van der Waals surface area contributed by atoms with E-state index in [1.165, 1.54) is 16.8 Å². The number of hydrogen-bond donors (Lipinski definition) is 2. The number of nitrogens with one attached hydrogen (secondary N) is 2. The molecule has 0 saturated carbocycles. The number of nitrogens with zero attached hydrogens (tertiary/aromatic N) is 1. The summed E-state index contributed by atoms with van der Waals surface area (Å²) < 4.78 is 14.5. The molecule has 0 saturated heterocycles. The van der Waals surface area contributed by atoms with Crippen LogP contribution in [-0.4, -0.2) is 16.8 Å². The van der Waals surface area contributed by atoms with Gasteiger partial charge in [-0.25, -0.2) is 4.39 Å². The first-order chi connectivity index (χ1) is 7.70. The Hall–Kier alpha value is -1.88. The fourth-order valence-corrected chi connectivity index (χ4v) is 1.51. The van der Waals surface area contributed by atoms with E-state index in [1.54, 1.807) is 25.4 Å². The number of rotatable bonds is 3. The largest absolute Gasteiger partial charge is 0.315 e. The fourth-order valence-electron chi connectivity index (χ4n) is 1.51. The van der Waals surface area contributed by atoms with Gasteiger partial charge in [0.25, 0.3) is 5.56 Å². The molecule has 0 atom stereocenters. The lowest BCUT2D eigenvalue weighted by Gasteiger charge is -2.01. The van der Waals surface area contributed by atoms with Gasteiger partial charge in [0.05, 0.1) is 11.3 Å². The fraction of sp³-hybridized carbons (Fsp3) is 0.182. The van der Waals surface area contributed by atoms with Crippen molar-refractivity contribution in [1.82, 2.24) is 15.1 Å². The number of aromatic amines is 1. The molecule has 0 radical (unpaired) electrons. The maximum absolute atomic E-state index is 13.0. The molecule has 2 aromatic rings. The minimum atomic E-state index is -0.331. The Labute approximate surface area is 91.7 Å². The van der Waals surface area contributed by atoms with Crippen molar-refractivity contribution in [2.45, 2.75) is 6.54 Å². The average Bonchev–Trinajstić information content (AvgIpc) is 2.61. The second-order valence-corrected chi connectivity index (χ2v) is 3.48. The minimum Gasteiger partial charge on any atom is -0.315 e. The van der Waals surface area contributed by atoms with Crippen molar-refractivity contribution in [3.63, 3.8) is 0 Å². The maximum atomic E-state index is 13.0. The van der Waals surface area contributed by atoms with Crippen LogP contribution in [-0.2, 0) is 6.54 Å². The van der Waals surface area contributed by atoms with E-state index in [2.05, 4.69) is 10.4 Å². The first-order valence-corrected chi connectivity index (χ1v) is 4.92. The van der Waals surface area contributed by atoms with Crippen molar-refractivity contribution in [3.05, 3.63) is 52.2 Å². The standard InChI is InChI=1S/C11H12FN3O/c1-13-6-8-7-15(14-11(8)16)10-4-2-3-9(12)5-10/h2-5,7,13H,6H2,1H3,(H,14,16). The highest BCUT2D eigenvalue weighted by molar-refractivity contribution is 5.31. The predicted molar refractivity (Wildman–Crippen MR) is 59.1 cm³/mol. The van der Waals surface area contributed by atoms with Gasteiger partial charge < -0.3 is 5.32 Å². The van der Waals surface area contributed by atoms with Gasteiger partial charge in [0, 0.05) is 12.7 Å². The number of halogens is 1. The van der Waals surface area contributed by atoms with E-state index in [1.807, 2.05) is 0 Å². The Bertz CT molecular complexity index is 544. The zero-order valence-electron chi connectivity index (χ0n) is 8.83. The highest BCUT2D eigenvalue weighted by Crippen LogP contribution is 2.08. The van der Waals surface area contributed by atoms with Crippen LogP contribution >= 0.6 is 0 Å². The van der Waals surface area contributed by atoms with E-state index >= 15 is 0 Å². The van der Waals surface area contributed by atoms with Crippen LogP contribution in [0.3, 0.4) is 0 Å². The monoisotopic (exact) mass is 221 g/mol. The van der Waals surface area contributed by atoms with Crippen LogP contribution in [0.25, 0.3) is 5.69 Å². The van der Waals surface area contributed by atoms with Crippen molar-refractivity contribution < 1.29 is 4.39 Å². The van der Waals surface area contributed by atoms with Crippen LogP contribution in [0, 0.1) is 5.82 Å². The van der Waals surface area contributed by atoms with Gasteiger partial charge in [0.1, 0.15) is 5.82 Å². The van der Waals surface area contributed by atoms with Gasteiger partial charge in [-0.2, -0.15) is 0 Å². The Morgan fingerprint density at radius 3 is 3.00 bits per heavy atom. The molecule has 0 aliphatic heterocycles. The van der Waals surface area contributed by atoms with Crippen molar-refractivity contribution in [1.29, 1.82) is 0 Å². The molecule has 0 spiro atoms.